The minimum Gasteiger partial charge on any atom is -0.326 e. The maximum absolute atomic E-state index is 11.1. The van der Waals surface area contributed by atoms with Crippen molar-refractivity contribution in [2.75, 3.05) is 25.6 Å². The average Bonchev–Trinajstić information content (AvgIpc) is 2.15. The molecule has 0 rings (SSSR count). The van der Waals surface area contributed by atoms with Crippen molar-refractivity contribution in [2.24, 2.45) is 5.73 Å². The summed E-state index contributed by atoms with van der Waals surface area (Å²) < 4.78 is 22.2. The Morgan fingerprint density at radius 2 is 1.88 bits per heavy atom. The Morgan fingerprint density at radius 3 is 2.25 bits per heavy atom. The first kappa shape index (κ1) is 15.9. The number of sulfone groups is 1. The van der Waals surface area contributed by atoms with Gasteiger partial charge in [0.2, 0.25) is 0 Å². The zero-order valence-corrected chi connectivity index (χ0v) is 11.8. The molecule has 0 amide bonds. The van der Waals surface area contributed by atoms with E-state index in [-0.39, 0.29) is 17.8 Å². The van der Waals surface area contributed by atoms with Crippen molar-refractivity contribution in [3.63, 3.8) is 0 Å². The number of nitrogens with two attached hydrogens (primary N) is 1. The van der Waals surface area contributed by atoms with E-state index in [0.29, 0.717) is 6.54 Å². The average molecular weight is 250 g/mol. The molecule has 0 spiro atoms. The van der Waals surface area contributed by atoms with Crippen LogP contribution in [0.4, 0.5) is 0 Å². The van der Waals surface area contributed by atoms with E-state index in [0.717, 1.165) is 19.3 Å². The molecule has 0 aromatic carbocycles. The van der Waals surface area contributed by atoms with E-state index in [1.54, 1.807) is 0 Å². The Kier molecular flexibility index (Phi) is 7.19. The third-order valence-corrected chi connectivity index (χ3v) is 3.84. The van der Waals surface area contributed by atoms with E-state index in [2.05, 4.69) is 18.7 Å². The molecule has 2 unspecified atom stereocenters. The van der Waals surface area contributed by atoms with Gasteiger partial charge in [0.1, 0.15) is 9.84 Å². The Labute approximate surface area is 100 Å². The molecule has 0 fully saturated rings. The van der Waals surface area contributed by atoms with E-state index in [1.807, 2.05) is 7.05 Å². The van der Waals surface area contributed by atoms with Gasteiger partial charge in [-0.25, -0.2) is 8.42 Å². The highest BCUT2D eigenvalue weighted by molar-refractivity contribution is 7.90. The predicted molar refractivity (Wildman–Crippen MR) is 69.3 cm³/mol. The first-order valence-electron chi connectivity index (χ1n) is 5.95. The second kappa shape index (κ2) is 7.25. The topological polar surface area (TPSA) is 63.4 Å². The van der Waals surface area contributed by atoms with Crippen LogP contribution in [0.2, 0.25) is 0 Å². The van der Waals surface area contributed by atoms with Crippen LogP contribution >= 0.6 is 0 Å². The van der Waals surface area contributed by atoms with Crippen molar-refractivity contribution in [2.45, 2.75) is 45.2 Å². The van der Waals surface area contributed by atoms with Crippen molar-refractivity contribution in [1.29, 1.82) is 0 Å². The molecule has 2 N–H and O–H groups in total. The van der Waals surface area contributed by atoms with Gasteiger partial charge in [0.05, 0.1) is 5.75 Å². The standard InChI is InChI=1S/C11H26N2O2S/c1-5-7-10(12)11(6-2)13(3)8-9-16(4,14)15/h10-11H,5-9,12H2,1-4H3. The Morgan fingerprint density at radius 1 is 1.31 bits per heavy atom. The lowest BCUT2D eigenvalue weighted by Gasteiger charge is -2.31. The van der Waals surface area contributed by atoms with Gasteiger partial charge in [0.15, 0.2) is 0 Å². The third kappa shape index (κ3) is 6.45. The molecule has 0 saturated heterocycles. The molecule has 0 radical (unpaired) electrons. The molecule has 0 aliphatic carbocycles. The molecular weight excluding hydrogens is 224 g/mol. The van der Waals surface area contributed by atoms with E-state index in [4.69, 9.17) is 5.73 Å². The van der Waals surface area contributed by atoms with Crippen LogP contribution in [0.15, 0.2) is 0 Å². The second-order valence-corrected chi connectivity index (χ2v) is 6.80. The highest BCUT2D eigenvalue weighted by Crippen LogP contribution is 2.10. The Hall–Kier alpha value is -0.130. The molecule has 0 aliphatic rings. The molecule has 0 aromatic rings. The lowest BCUT2D eigenvalue weighted by molar-refractivity contribution is 0.209. The highest BCUT2D eigenvalue weighted by atomic mass is 32.2. The van der Waals surface area contributed by atoms with Gasteiger partial charge < -0.3 is 10.6 Å². The van der Waals surface area contributed by atoms with E-state index < -0.39 is 9.84 Å². The summed E-state index contributed by atoms with van der Waals surface area (Å²) in [6, 6.07) is 0.418. The van der Waals surface area contributed by atoms with Gasteiger partial charge in [-0.15, -0.1) is 0 Å². The summed E-state index contributed by atoms with van der Waals surface area (Å²) in [6.45, 7) is 4.77. The van der Waals surface area contributed by atoms with Crippen molar-refractivity contribution in [1.82, 2.24) is 4.90 Å². The van der Waals surface area contributed by atoms with Crippen LogP contribution in [-0.4, -0.2) is 51.0 Å². The van der Waals surface area contributed by atoms with Gasteiger partial charge in [-0.05, 0) is 19.9 Å². The van der Waals surface area contributed by atoms with Crippen LogP contribution in [0.25, 0.3) is 0 Å². The second-order valence-electron chi connectivity index (χ2n) is 4.54. The van der Waals surface area contributed by atoms with Gasteiger partial charge in [-0.2, -0.15) is 0 Å². The number of likely N-dealkylation sites (N-methyl/N-ethyl adjacent to an activating group) is 1. The van der Waals surface area contributed by atoms with Crippen LogP contribution in [0.5, 0.6) is 0 Å². The SMILES string of the molecule is CCCC(N)C(CC)N(C)CCS(C)(=O)=O. The summed E-state index contributed by atoms with van der Waals surface area (Å²) in [7, 11) is -0.928. The van der Waals surface area contributed by atoms with Gasteiger partial charge in [-0.1, -0.05) is 20.3 Å². The van der Waals surface area contributed by atoms with Crippen LogP contribution in [0, 0.1) is 0 Å². The van der Waals surface area contributed by atoms with Crippen LogP contribution in [0.3, 0.4) is 0 Å². The smallest absolute Gasteiger partial charge is 0.148 e. The van der Waals surface area contributed by atoms with Gasteiger partial charge in [-0.3, -0.25) is 0 Å². The molecule has 0 aromatic heterocycles. The van der Waals surface area contributed by atoms with Crippen LogP contribution in [0.1, 0.15) is 33.1 Å². The third-order valence-electron chi connectivity index (χ3n) is 2.92. The summed E-state index contributed by atoms with van der Waals surface area (Å²) in [6.07, 6.45) is 4.29. The molecule has 16 heavy (non-hydrogen) atoms. The summed E-state index contributed by atoms with van der Waals surface area (Å²) in [5, 5.41) is 0. The van der Waals surface area contributed by atoms with E-state index >= 15 is 0 Å². The number of hydrogen-bond donors (Lipinski definition) is 1. The first-order chi connectivity index (χ1) is 7.31. The van der Waals surface area contributed by atoms with Crippen molar-refractivity contribution < 1.29 is 8.42 Å². The molecule has 0 saturated carbocycles. The van der Waals surface area contributed by atoms with E-state index in [1.165, 1.54) is 6.26 Å². The lowest BCUT2D eigenvalue weighted by Crippen LogP contribution is -2.47. The minimum atomic E-state index is -2.88. The van der Waals surface area contributed by atoms with Gasteiger partial charge in [0, 0.05) is 24.9 Å². The minimum absolute atomic E-state index is 0.138. The Bertz CT molecular complexity index is 278. The number of rotatable bonds is 8. The molecular formula is C11H26N2O2S. The molecule has 4 nitrogen and oxygen atoms in total. The van der Waals surface area contributed by atoms with Crippen molar-refractivity contribution in [3.05, 3.63) is 0 Å². The zero-order valence-electron chi connectivity index (χ0n) is 10.9. The summed E-state index contributed by atoms with van der Waals surface area (Å²) in [4.78, 5) is 2.07. The molecule has 0 heterocycles. The van der Waals surface area contributed by atoms with Crippen molar-refractivity contribution in [3.8, 4) is 0 Å². The molecule has 0 bridgehead atoms. The Balaban J connectivity index is 4.25. The number of hydrogen-bond acceptors (Lipinski definition) is 4. The first-order valence-corrected chi connectivity index (χ1v) is 8.01. The fourth-order valence-electron chi connectivity index (χ4n) is 1.94. The quantitative estimate of drug-likeness (QED) is 0.694. The fraction of sp³-hybridized carbons (Fsp3) is 1.00. The largest absolute Gasteiger partial charge is 0.326 e. The van der Waals surface area contributed by atoms with Gasteiger partial charge in [0.25, 0.3) is 0 Å². The summed E-state index contributed by atoms with van der Waals surface area (Å²) in [5.41, 5.74) is 6.09. The molecule has 2 atom stereocenters. The highest BCUT2D eigenvalue weighted by Gasteiger charge is 2.20. The summed E-state index contributed by atoms with van der Waals surface area (Å²) >= 11 is 0. The number of nitrogens with zero attached hydrogens (tertiary/aromatic N) is 1. The van der Waals surface area contributed by atoms with Gasteiger partial charge >= 0.3 is 0 Å². The lowest BCUT2D eigenvalue weighted by atomic mass is 10.0. The fourth-order valence-corrected chi connectivity index (χ4v) is 2.56. The summed E-state index contributed by atoms with van der Waals surface area (Å²) in [5.74, 6) is 0.207. The zero-order chi connectivity index (χ0) is 12.8. The van der Waals surface area contributed by atoms with Crippen molar-refractivity contribution >= 4 is 9.84 Å². The maximum atomic E-state index is 11.1. The monoisotopic (exact) mass is 250 g/mol. The van der Waals surface area contributed by atoms with E-state index in [9.17, 15) is 8.42 Å². The molecule has 98 valence electrons. The van der Waals surface area contributed by atoms with Crippen LogP contribution in [-0.2, 0) is 9.84 Å². The molecule has 0 aliphatic heterocycles. The normalized spacial score (nSPS) is 16.4. The predicted octanol–water partition coefficient (Wildman–Crippen LogP) is 0.869. The van der Waals surface area contributed by atoms with Crippen LogP contribution < -0.4 is 5.73 Å². The molecule has 5 heteroatoms. The maximum Gasteiger partial charge on any atom is 0.148 e.